The highest BCUT2D eigenvalue weighted by Gasteiger charge is 2.34. The summed E-state index contributed by atoms with van der Waals surface area (Å²) in [5.41, 5.74) is 0. The van der Waals surface area contributed by atoms with E-state index in [-0.39, 0.29) is 0 Å². The van der Waals surface area contributed by atoms with E-state index < -0.39 is 5.97 Å². The van der Waals surface area contributed by atoms with Gasteiger partial charge < -0.3 is 10.0 Å². The van der Waals surface area contributed by atoms with Gasteiger partial charge in [0.05, 0.1) is 0 Å². The van der Waals surface area contributed by atoms with Crippen LogP contribution in [0.4, 0.5) is 0 Å². The van der Waals surface area contributed by atoms with Crippen LogP contribution in [0.5, 0.6) is 0 Å². The molecular weight excluding hydrogens is 166 g/mol. The molecule has 0 aromatic carbocycles. The molecule has 3 heteroatoms. The SMILES string of the molecule is O=C(O)C#CC1CC(N2CCC2)C1. The van der Waals surface area contributed by atoms with Crippen molar-refractivity contribution < 1.29 is 9.90 Å². The van der Waals surface area contributed by atoms with Crippen LogP contribution in [-0.4, -0.2) is 35.1 Å². The molecule has 1 aliphatic heterocycles. The third-order valence-electron chi connectivity index (χ3n) is 2.90. The number of carbonyl (C=O) groups is 1. The maximum atomic E-state index is 10.1. The summed E-state index contributed by atoms with van der Waals surface area (Å²) in [5, 5.41) is 8.33. The molecule has 70 valence electrons. The van der Waals surface area contributed by atoms with Crippen molar-refractivity contribution in [1.29, 1.82) is 0 Å². The second-order valence-electron chi connectivity index (χ2n) is 3.79. The van der Waals surface area contributed by atoms with Crippen molar-refractivity contribution in [2.24, 2.45) is 5.92 Å². The number of hydrogen-bond donors (Lipinski definition) is 1. The van der Waals surface area contributed by atoms with E-state index in [1.165, 1.54) is 19.5 Å². The molecule has 1 aliphatic carbocycles. The summed E-state index contributed by atoms with van der Waals surface area (Å²) >= 11 is 0. The maximum Gasteiger partial charge on any atom is 0.381 e. The van der Waals surface area contributed by atoms with Crippen LogP contribution in [0.3, 0.4) is 0 Å². The molecule has 0 unspecified atom stereocenters. The van der Waals surface area contributed by atoms with Crippen LogP contribution >= 0.6 is 0 Å². The van der Waals surface area contributed by atoms with Gasteiger partial charge in [0, 0.05) is 17.9 Å². The van der Waals surface area contributed by atoms with Crippen LogP contribution in [0.15, 0.2) is 0 Å². The summed E-state index contributed by atoms with van der Waals surface area (Å²) in [7, 11) is 0. The molecule has 13 heavy (non-hydrogen) atoms. The maximum absolute atomic E-state index is 10.1. The Hall–Kier alpha value is -1.01. The minimum Gasteiger partial charge on any atom is -0.472 e. The zero-order valence-electron chi connectivity index (χ0n) is 7.49. The lowest BCUT2D eigenvalue weighted by molar-refractivity contribution is -0.130. The van der Waals surface area contributed by atoms with E-state index >= 15 is 0 Å². The number of likely N-dealkylation sites (tertiary alicyclic amines) is 1. The highest BCUT2D eigenvalue weighted by atomic mass is 16.4. The van der Waals surface area contributed by atoms with Gasteiger partial charge in [0.25, 0.3) is 0 Å². The fourth-order valence-electron chi connectivity index (χ4n) is 1.87. The lowest BCUT2D eigenvalue weighted by Crippen LogP contribution is -2.51. The van der Waals surface area contributed by atoms with E-state index in [0.717, 1.165) is 12.8 Å². The summed E-state index contributed by atoms with van der Waals surface area (Å²) < 4.78 is 0. The van der Waals surface area contributed by atoms with E-state index in [2.05, 4.69) is 16.7 Å². The van der Waals surface area contributed by atoms with Gasteiger partial charge in [-0.25, -0.2) is 4.79 Å². The summed E-state index contributed by atoms with van der Waals surface area (Å²) in [6, 6.07) is 0.696. The molecule has 2 fully saturated rings. The van der Waals surface area contributed by atoms with Crippen LogP contribution in [0.2, 0.25) is 0 Å². The molecule has 0 atom stereocenters. The molecule has 0 bridgehead atoms. The van der Waals surface area contributed by atoms with E-state index in [1.54, 1.807) is 0 Å². The number of aliphatic carboxylic acids is 1. The number of carboxylic acids is 1. The average Bonchev–Trinajstić information content (AvgIpc) is 1.88. The van der Waals surface area contributed by atoms with Crippen LogP contribution in [-0.2, 0) is 4.79 Å². The smallest absolute Gasteiger partial charge is 0.381 e. The van der Waals surface area contributed by atoms with Crippen molar-refractivity contribution in [2.45, 2.75) is 25.3 Å². The van der Waals surface area contributed by atoms with Crippen molar-refractivity contribution in [1.82, 2.24) is 4.90 Å². The molecule has 0 radical (unpaired) electrons. The monoisotopic (exact) mass is 179 g/mol. The summed E-state index contributed by atoms with van der Waals surface area (Å²) in [6.45, 7) is 2.45. The van der Waals surface area contributed by atoms with Crippen molar-refractivity contribution in [2.75, 3.05) is 13.1 Å². The van der Waals surface area contributed by atoms with Gasteiger partial charge in [-0.3, -0.25) is 0 Å². The molecule has 0 spiro atoms. The van der Waals surface area contributed by atoms with Crippen molar-refractivity contribution in [3.05, 3.63) is 0 Å². The zero-order valence-corrected chi connectivity index (χ0v) is 7.49. The molecule has 2 aliphatic rings. The van der Waals surface area contributed by atoms with Gasteiger partial charge in [-0.05, 0) is 32.4 Å². The molecule has 0 aromatic rings. The number of rotatable bonds is 1. The van der Waals surface area contributed by atoms with E-state index in [4.69, 9.17) is 5.11 Å². The Balaban J connectivity index is 1.72. The number of carboxylic acid groups (broad SMARTS) is 1. The normalized spacial score (nSPS) is 32.3. The van der Waals surface area contributed by atoms with Crippen LogP contribution in [0, 0.1) is 17.8 Å². The fourth-order valence-corrected chi connectivity index (χ4v) is 1.87. The Morgan fingerprint density at radius 3 is 2.54 bits per heavy atom. The van der Waals surface area contributed by atoms with E-state index in [1.807, 2.05) is 0 Å². The van der Waals surface area contributed by atoms with Gasteiger partial charge in [-0.15, -0.1) is 0 Å². The first kappa shape index (κ1) is 8.58. The van der Waals surface area contributed by atoms with Gasteiger partial charge in [0.2, 0.25) is 0 Å². The van der Waals surface area contributed by atoms with Crippen LogP contribution in [0.25, 0.3) is 0 Å². The minimum atomic E-state index is -1.01. The molecule has 1 N–H and O–H groups in total. The van der Waals surface area contributed by atoms with Gasteiger partial charge in [0.15, 0.2) is 0 Å². The summed E-state index contributed by atoms with van der Waals surface area (Å²) in [5.74, 6) is 4.29. The highest BCUT2D eigenvalue weighted by Crippen LogP contribution is 2.33. The molecule has 3 nitrogen and oxygen atoms in total. The van der Waals surface area contributed by atoms with Crippen molar-refractivity contribution in [3.8, 4) is 11.8 Å². The molecular formula is C10H13NO2. The minimum absolute atomic E-state index is 0.335. The third-order valence-corrected chi connectivity index (χ3v) is 2.90. The lowest BCUT2D eigenvalue weighted by Gasteiger charge is -2.45. The topological polar surface area (TPSA) is 40.5 Å². The molecule has 0 aromatic heterocycles. The third kappa shape index (κ3) is 1.84. The lowest BCUT2D eigenvalue weighted by atomic mass is 9.78. The zero-order chi connectivity index (χ0) is 9.26. The number of nitrogens with zero attached hydrogens (tertiary/aromatic N) is 1. The average molecular weight is 179 g/mol. The van der Waals surface area contributed by atoms with Gasteiger partial charge in [0.1, 0.15) is 0 Å². The predicted octanol–water partition coefficient (Wildman–Crippen LogP) is 0.559. The van der Waals surface area contributed by atoms with Gasteiger partial charge in [-0.2, -0.15) is 0 Å². The fraction of sp³-hybridized carbons (Fsp3) is 0.700. The Kier molecular flexibility index (Phi) is 2.24. The predicted molar refractivity (Wildman–Crippen MR) is 48.1 cm³/mol. The first-order chi connectivity index (χ1) is 6.25. The standard InChI is InChI=1S/C10H13NO2/c12-10(13)3-2-8-6-9(7-8)11-4-1-5-11/h8-9H,1,4-7H2,(H,12,13). The molecule has 1 heterocycles. The van der Waals surface area contributed by atoms with E-state index in [9.17, 15) is 4.79 Å². The van der Waals surface area contributed by atoms with E-state index in [0.29, 0.717) is 12.0 Å². The second kappa shape index (κ2) is 3.39. The molecule has 0 amide bonds. The Bertz CT molecular complexity index is 266. The number of hydrogen-bond acceptors (Lipinski definition) is 2. The van der Waals surface area contributed by atoms with Crippen molar-refractivity contribution >= 4 is 5.97 Å². The van der Waals surface area contributed by atoms with Gasteiger partial charge >= 0.3 is 5.97 Å². The highest BCUT2D eigenvalue weighted by molar-refractivity contribution is 5.86. The quantitative estimate of drug-likeness (QED) is 0.598. The Morgan fingerprint density at radius 1 is 1.38 bits per heavy atom. The van der Waals surface area contributed by atoms with Gasteiger partial charge in [-0.1, -0.05) is 5.92 Å². The Morgan fingerprint density at radius 2 is 2.08 bits per heavy atom. The summed E-state index contributed by atoms with van der Waals surface area (Å²) in [4.78, 5) is 12.6. The first-order valence-electron chi connectivity index (χ1n) is 4.74. The molecule has 1 saturated heterocycles. The molecule has 1 saturated carbocycles. The molecule has 2 rings (SSSR count). The van der Waals surface area contributed by atoms with Crippen molar-refractivity contribution in [3.63, 3.8) is 0 Å². The largest absolute Gasteiger partial charge is 0.472 e. The first-order valence-corrected chi connectivity index (χ1v) is 4.74. The van der Waals surface area contributed by atoms with Crippen LogP contribution in [0.1, 0.15) is 19.3 Å². The second-order valence-corrected chi connectivity index (χ2v) is 3.79. The Labute approximate surface area is 77.7 Å². The van der Waals surface area contributed by atoms with Crippen LogP contribution < -0.4 is 0 Å². The summed E-state index contributed by atoms with van der Waals surface area (Å²) in [6.07, 6.45) is 3.46.